The zero-order chi connectivity index (χ0) is 26.5. The van der Waals surface area contributed by atoms with E-state index in [9.17, 15) is 14.0 Å². The van der Waals surface area contributed by atoms with Gasteiger partial charge in [0.15, 0.2) is 0 Å². The minimum atomic E-state index is -1.44. The second kappa shape index (κ2) is 11.3. The molecule has 0 spiro atoms. The lowest BCUT2D eigenvalue weighted by Gasteiger charge is -2.25. The van der Waals surface area contributed by atoms with Crippen LogP contribution in [0, 0.1) is 43.1 Å². The van der Waals surface area contributed by atoms with Crippen molar-refractivity contribution in [3.05, 3.63) is 57.9 Å². The molecule has 0 aliphatic rings. The number of carbonyl (C=O) groups excluding carboxylic acids is 2. The Morgan fingerprint density at radius 3 is 2.17 bits per heavy atom. The second-order valence-corrected chi connectivity index (χ2v) is 9.01. The molecule has 0 bridgehead atoms. The lowest BCUT2D eigenvalue weighted by molar-refractivity contribution is -0.143. The van der Waals surface area contributed by atoms with Crippen molar-refractivity contribution in [2.24, 2.45) is 0 Å². The van der Waals surface area contributed by atoms with E-state index in [0.717, 1.165) is 6.07 Å². The van der Waals surface area contributed by atoms with Gasteiger partial charge in [-0.25, -0.2) is 18.0 Å². The van der Waals surface area contributed by atoms with Gasteiger partial charge in [-0.2, -0.15) is 0 Å². The molecule has 188 valence electrons. The Balaban J connectivity index is 2.78. The predicted molar refractivity (Wildman–Crippen MR) is 127 cm³/mol. The molecular formula is C27H30F3NO4. The highest BCUT2D eigenvalue weighted by atomic mass is 19.1. The van der Waals surface area contributed by atoms with Gasteiger partial charge in [0.05, 0.1) is 19.1 Å². The normalized spacial score (nSPS) is 11.8. The highest BCUT2D eigenvalue weighted by Crippen LogP contribution is 2.38. The topological polar surface area (TPSA) is 64.6 Å². The number of ether oxygens (including phenoxy) is 2. The average molecular weight is 490 g/mol. The van der Waals surface area contributed by atoms with Crippen molar-refractivity contribution in [1.82, 2.24) is 5.32 Å². The van der Waals surface area contributed by atoms with E-state index in [4.69, 9.17) is 9.47 Å². The number of alkyl carbamates (subject to hydrolysis) is 1. The molecule has 2 rings (SSSR count). The minimum absolute atomic E-state index is 0.0488. The Kier molecular flexibility index (Phi) is 8.97. The molecule has 1 amide bonds. The quantitative estimate of drug-likeness (QED) is 0.383. The maximum absolute atomic E-state index is 16.2. The molecule has 1 atom stereocenters. The highest BCUT2D eigenvalue weighted by Gasteiger charge is 2.31. The van der Waals surface area contributed by atoms with Crippen molar-refractivity contribution in [1.29, 1.82) is 0 Å². The van der Waals surface area contributed by atoms with Crippen molar-refractivity contribution in [3.63, 3.8) is 0 Å². The smallest absolute Gasteiger partial charge is 0.408 e. The highest BCUT2D eigenvalue weighted by molar-refractivity contribution is 5.79. The number of hydrogen-bond donors (Lipinski definition) is 1. The molecule has 0 aromatic heterocycles. The number of halogens is 3. The van der Waals surface area contributed by atoms with Crippen molar-refractivity contribution in [3.8, 4) is 23.0 Å². The fraction of sp³-hybridized carbons (Fsp3) is 0.407. The molecule has 35 heavy (non-hydrogen) atoms. The summed E-state index contributed by atoms with van der Waals surface area (Å²) in [6.07, 6.45) is -1.50. The summed E-state index contributed by atoms with van der Waals surface area (Å²) in [7, 11) is 0. The lowest BCUT2D eigenvalue weighted by atomic mass is 9.88. The first kappa shape index (κ1) is 27.8. The molecule has 0 fully saturated rings. The van der Waals surface area contributed by atoms with E-state index in [1.807, 2.05) is 0 Å². The van der Waals surface area contributed by atoms with Gasteiger partial charge in [0.25, 0.3) is 0 Å². The Hall–Kier alpha value is -3.47. The maximum atomic E-state index is 16.2. The Bertz CT molecular complexity index is 1170. The van der Waals surface area contributed by atoms with Crippen LogP contribution >= 0.6 is 0 Å². The second-order valence-electron chi connectivity index (χ2n) is 9.01. The van der Waals surface area contributed by atoms with Gasteiger partial charge in [-0.05, 0) is 83.4 Å². The van der Waals surface area contributed by atoms with Crippen LogP contribution in [0.2, 0.25) is 0 Å². The summed E-state index contributed by atoms with van der Waals surface area (Å²) in [6, 6.07) is 2.08. The predicted octanol–water partition coefficient (Wildman–Crippen LogP) is 6.28. The molecule has 0 saturated heterocycles. The number of nitrogens with one attached hydrogen (secondary N) is 1. The molecule has 2 aromatic rings. The molecule has 0 heterocycles. The molecule has 5 nitrogen and oxygen atoms in total. The van der Waals surface area contributed by atoms with Crippen LogP contribution in [0.25, 0.3) is 11.1 Å². The number of rotatable bonds is 6. The fourth-order valence-electron chi connectivity index (χ4n) is 3.80. The number of esters is 1. The molecule has 1 N–H and O–H groups in total. The number of benzene rings is 2. The molecule has 0 saturated carbocycles. The number of hydrogen-bond acceptors (Lipinski definition) is 4. The van der Waals surface area contributed by atoms with E-state index in [1.165, 1.54) is 19.1 Å². The van der Waals surface area contributed by atoms with Crippen LogP contribution in [-0.2, 0) is 14.3 Å². The number of aryl methyl sites for hydroxylation is 2. The average Bonchev–Trinajstić information content (AvgIpc) is 2.68. The monoisotopic (exact) mass is 489 g/mol. The largest absolute Gasteiger partial charge is 0.466 e. The zero-order valence-electron chi connectivity index (χ0n) is 21.0. The van der Waals surface area contributed by atoms with Gasteiger partial charge in [-0.3, -0.25) is 4.79 Å². The molecule has 0 aliphatic heterocycles. The van der Waals surface area contributed by atoms with Crippen molar-refractivity contribution in [2.45, 2.75) is 66.5 Å². The first-order valence-corrected chi connectivity index (χ1v) is 11.2. The van der Waals surface area contributed by atoms with Gasteiger partial charge in [0.2, 0.25) is 0 Å². The van der Waals surface area contributed by atoms with Gasteiger partial charge in [0, 0.05) is 16.7 Å². The van der Waals surface area contributed by atoms with Gasteiger partial charge < -0.3 is 14.8 Å². The summed E-state index contributed by atoms with van der Waals surface area (Å²) in [5.74, 6) is 2.04. The fourth-order valence-corrected chi connectivity index (χ4v) is 3.80. The third-order valence-corrected chi connectivity index (χ3v) is 4.98. The van der Waals surface area contributed by atoms with Crippen LogP contribution in [0.3, 0.4) is 0 Å². The van der Waals surface area contributed by atoms with Crippen molar-refractivity contribution in [2.75, 3.05) is 6.61 Å². The summed E-state index contributed by atoms with van der Waals surface area (Å²) in [5, 5.41) is 2.39. The van der Waals surface area contributed by atoms with Gasteiger partial charge in [-0.1, -0.05) is 5.92 Å². The first-order valence-electron chi connectivity index (χ1n) is 11.2. The van der Waals surface area contributed by atoms with E-state index in [-0.39, 0.29) is 17.7 Å². The third kappa shape index (κ3) is 7.01. The standard InChI is InChI=1S/C27H30F3NO4/c1-8-10-17-13-19(29)24(25(30)23(17)22-15(3)11-18(28)12-16(22)4)20(14-21(32)34-9-2)31-26(33)35-27(5,6)7/h11-13,20H,9,14H2,1-7H3,(H,31,33). The zero-order valence-corrected chi connectivity index (χ0v) is 21.0. The van der Waals surface area contributed by atoms with E-state index in [2.05, 4.69) is 17.2 Å². The minimum Gasteiger partial charge on any atom is -0.466 e. The van der Waals surface area contributed by atoms with Crippen LogP contribution in [-0.4, -0.2) is 24.3 Å². The Morgan fingerprint density at radius 1 is 1.06 bits per heavy atom. The Morgan fingerprint density at radius 2 is 1.66 bits per heavy atom. The summed E-state index contributed by atoms with van der Waals surface area (Å²) in [5.41, 5.74) is -0.259. The van der Waals surface area contributed by atoms with E-state index in [1.54, 1.807) is 41.5 Å². The number of carbonyl (C=O) groups is 2. The van der Waals surface area contributed by atoms with E-state index >= 15 is 8.78 Å². The molecule has 1 unspecified atom stereocenters. The summed E-state index contributed by atoms with van der Waals surface area (Å²) < 4.78 is 55.7. The molecule has 0 aliphatic carbocycles. The molecule has 8 heteroatoms. The summed E-state index contributed by atoms with van der Waals surface area (Å²) in [6.45, 7) is 11.3. The molecule has 0 radical (unpaired) electrons. The summed E-state index contributed by atoms with van der Waals surface area (Å²) >= 11 is 0. The SMILES string of the molecule is CC#Cc1cc(F)c(C(CC(=O)OCC)NC(=O)OC(C)(C)C)c(F)c1-c1c(C)cc(F)cc1C. The lowest BCUT2D eigenvalue weighted by Crippen LogP contribution is -2.36. The van der Waals surface area contributed by atoms with Gasteiger partial charge in [-0.15, -0.1) is 5.92 Å². The van der Waals surface area contributed by atoms with E-state index in [0.29, 0.717) is 16.7 Å². The van der Waals surface area contributed by atoms with Crippen LogP contribution < -0.4 is 5.32 Å². The molecule has 2 aromatic carbocycles. The number of amides is 1. The Labute approximate surface area is 204 Å². The van der Waals surface area contributed by atoms with Crippen LogP contribution in [0.5, 0.6) is 0 Å². The maximum Gasteiger partial charge on any atom is 0.408 e. The van der Waals surface area contributed by atoms with Crippen LogP contribution in [0.15, 0.2) is 18.2 Å². The van der Waals surface area contributed by atoms with Gasteiger partial charge >= 0.3 is 12.1 Å². The van der Waals surface area contributed by atoms with Crippen LogP contribution in [0.1, 0.15) is 69.3 Å². The van der Waals surface area contributed by atoms with Crippen molar-refractivity contribution < 1.29 is 32.2 Å². The van der Waals surface area contributed by atoms with Gasteiger partial charge in [0.1, 0.15) is 23.1 Å². The molecular weight excluding hydrogens is 459 g/mol. The van der Waals surface area contributed by atoms with Crippen molar-refractivity contribution >= 4 is 12.1 Å². The first-order chi connectivity index (χ1) is 16.3. The van der Waals surface area contributed by atoms with E-state index < -0.39 is 53.1 Å². The van der Waals surface area contributed by atoms with Crippen LogP contribution in [0.4, 0.5) is 18.0 Å². The third-order valence-electron chi connectivity index (χ3n) is 4.98. The summed E-state index contributed by atoms with van der Waals surface area (Å²) in [4.78, 5) is 24.7.